The molecule has 0 saturated heterocycles. The van der Waals surface area contributed by atoms with Gasteiger partial charge in [-0.15, -0.1) is 0 Å². The maximum Gasteiger partial charge on any atom is 0.0596 e. The molecular weight excluding hydrogens is 126 g/mol. The van der Waals surface area contributed by atoms with Crippen molar-refractivity contribution in [2.75, 3.05) is 6.54 Å². The Morgan fingerprint density at radius 2 is 2.40 bits per heavy atom. The molecule has 0 aromatic carbocycles. The number of hydrogen-bond acceptors (Lipinski definition) is 2. The minimum atomic E-state index is 0.693. The van der Waals surface area contributed by atoms with Crippen LogP contribution in [0, 0.1) is 6.92 Å². The SMILES string of the molecule is Cc1cc(CCN)n(C)n1. The minimum Gasteiger partial charge on any atom is -0.330 e. The fourth-order valence-corrected chi connectivity index (χ4v) is 1.05. The van der Waals surface area contributed by atoms with Gasteiger partial charge in [0.05, 0.1) is 5.69 Å². The zero-order valence-electron chi connectivity index (χ0n) is 6.46. The van der Waals surface area contributed by atoms with Gasteiger partial charge in [-0.1, -0.05) is 0 Å². The van der Waals surface area contributed by atoms with Gasteiger partial charge in [-0.2, -0.15) is 5.10 Å². The molecule has 0 saturated carbocycles. The van der Waals surface area contributed by atoms with Crippen LogP contribution in [0.3, 0.4) is 0 Å². The second-order valence-corrected chi connectivity index (χ2v) is 2.44. The molecule has 0 bridgehead atoms. The van der Waals surface area contributed by atoms with Gasteiger partial charge in [-0.05, 0) is 19.5 Å². The molecule has 0 aliphatic heterocycles. The zero-order valence-corrected chi connectivity index (χ0v) is 6.46. The number of nitrogens with zero attached hydrogens (tertiary/aromatic N) is 2. The summed E-state index contributed by atoms with van der Waals surface area (Å²) in [6, 6.07) is 2.06. The van der Waals surface area contributed by atoms with E-state index in [2.05, 4.69) is 11.2 Å². The molecule has 1 aromatic heterocycles. The quantitative estimate of drug-likeness (QED) is 0.637. The fraction of sp³-hybridized carbons (Fsp3) is 0.571. The summed E-state index contributed by atoms with van der Waals surface area (Å²) in [6.45, 7) is 2.68. The van der Waals surface area contributed by atoms with Gasteiger partial charge < -0.3 is 5.73 Å². The van der Waals surface area contributed by atoms with Crippen LogP contribution in [0.1, 0.15) is 11.4 Å². The van der Waals surface area contributed by atoms with E-state index < -0.39 is 0 Å². The Morgan fingerprint density at radius 3 is 2.80 bits per heavy atom. The van der Waals surface area contributed by atoms with Crippen molar-refractivity contribution in [3.63, 3.8) is 0 Å². The molecule has 0 atom stereocenters. The van der Waals surface area contributed by atoms with Crippen LogP contribution in [0.25, 0.3) is 0 Å². The van der Waals surface area contributed by atoms with Crippen molar-refractivity contribution in [3.8, 4) is 0 Å². The summed E-state index contributed by atoms with van der Waals surface area (Å²) < 4.78 is 1.88. The average Bonchev–Trinajstić information content (AvgIpc) is 2.13. The monoisotopic (exact) mass is 139 g/mol. The van der Waals surface area contributed by atoms with Gasteiger partial charge in [0.2, 0.25) is 0 Å². The normalized spacial score (nSPS) is 10.3. The molecule has 56 valence electrons. The second-order valence-electron chi connectivity index (χ2n) is 2.44. The molecule has 0 fully saturated rings. The summed E-state index contributed by atoms with van der Waals surface area (Å²) in [7, 11) is 1.94. The first-order valence-corrected chi connectivity index (χ1v) is 3.43. The van der Waals surface area contributed by atoms with Crippen LogP contribution in [0.2, 0.25) is 0 Å². The Hall–Kier alpha value is -0.830. The van der Waals surface area contributed by atoms with E-state index >= 15 is 0 Å². The maximum absolute atomic E-state index is 5.40. The van der Waals surface area contributed by atoms with E-state index in [0.29, 0.717) is 6.54 Å². The van der Waals surface area contributed by atoms with Gasteiger partial charge in [0.15, 0.2) is 0 Å². The Labute approximate surface area is 60.8 Å². The third-order valence-corrected chi connectivity index (χ3v) is 1.50. The molecule has 0 amide bonds. The van der Waals surface area contributed by atoms with E-state index in [0.717, 1.165) is 12.1 Å². The van der Waals surface area contributed by atoms with Crippen molar-refractivity contribution >= 4 is 0 Å². The summed E-state index contributed by atoms with van der Waals surface area (Å²) in [5.41, 5.74) is 7.67. The lowest BCUT2D eigenvalue weighted by molar-refractivity contribution is 0.700. The molecule has 2 N–H and O–H groups in total. The van der Waals surface area contributed by atoms with Gasteiger partial charge >= 0.3 is 0 Å². The molecule has 1 heterocycles. The summed E-state index contributed by atoms with van der Waals surface area (Å²) in [5.74, 6) is 0. The Balaban J connectivity index is 2.81. The molecule has 10 heavy (non-hydrogen) atoms. The van der Waals surface area contributed by atoms with Gasteiger partial charge in [-0.25, -0.2) is 0 Å². The highest BCUT2D eigenvalue weighted by Crippen LogP contribution is 2.00. The lowest BCUT2D eigenvalue weighted by atomic mass is 10.3. The first-order chi connectivity index (χ1) is 4.74. The molecule has 3 heteroatoms. The van der Waals surface area contributed by atoms with Gasteiger partial charge in [0, 0.05) is 19.2 Å². The van der Waals surface area contributed by atoms with Crippen molar-refractivity contribution < 1.29 is 0 Å². The van der Waals surface area contributed by atoms with Gasteiger partial charge in [0.1, 0.15) is 0 Å². The number of rotatable bonds is 2. The molecule has 1 rings (SSSR count). The van der Waals surface area contributed by atoms with Crippen LogP contribution in [0.4, 0.5) is 0 Å². The Morgan fingerprint density at radius 1 is 1.70 bits per heavy atom. The first kappa shape index (κ1) is 7.28. The van der Waals surface area contributed by atoms with Crippen LogP contribution < -0.4 is 5.73 Å². The smallest absolute Gasteiger partial charge is 0.0596 e. The van der Waals surface area contributed by atoms with Crippen molar-refractivity contribution in [2.45, 2.75) is 13.3 Å². The van der Waals surface area contributed by atoms with E-state index in [4.69, 9.17) is 5.73 Å². The standard InChI is InChI=1S/C7H13N3/c1-6-5-7(3-4-8)10(2)9-6/h5H,3-4,8H2,1-2H3. The minimum absolute atomic E-state index is 0.693. The lowest BCUT2D eigenvalue weighted by Crippen LogP contribution is -2.06. The van der Waals surface area contributed by atoms with E-state index in [9.17, 15) is 0 Å². The highest BCUT2D eigenvalue weighted by molar-refractivity contribution is 5.08. The topological polar surface area (TPSA) is 43.8 Å². The van der Waals surface area contributed by atoms with E-state index in [1.54, 1.807) is 0 Å². The average molecular weight is 139 g/mol. The Bertz CT molecular complexity index is 215. The molecule has 0 aliphatic carbocycles. The van der Waals surface area contributed by atoms with Gasteiger partial charge in [0.25, 0.3) is 0 Å². The molecular formula is C7H13N3. The highest BCUT2D eigenvalue weighted by Gasteiger charge is 1.98. The molecule has 1 aromatic rings. The third kappa shape index (κ3) is 1.36. The summed E-state index contributed by atoms with van der Waals surface area (Å²) in [4.78, 5) is 0. The highest BCUT2D eigenvalue weighted by atomic mass is 15.3. The van der Waals surface area contributed by atoms with Crippen molar-refractivity contribution in [1.29, 1.82) is 0 Å². The van der Waals surface area contributed by atoms with Crippen molar-refractivity contribution in [2.24, 2.45) is 12.8 Å². The number of hydrogen-bond donors (Lipinski definition) is 1. The van der Waals surface area contributed by atoms with Crippen molar-refractivity contribution in [3.05, 3.63) is 17.5 Å². The fourth-order valence-electron chi connectivity index (χ4n) is 1.05. The van der Waals surface area contributed by atoms with E-state index in [1.807, 2.05) is 18.7 Å². The van der Waals surface area contributed by atoms with Gasteiger partial charge in [-0.3, -0.25) is 4.68 Å². The molecule has 0 spiro atoms. The molecule has 0 unspecified atom stereocenters. The van der Waals surface area contributed by atoms with Crippen LogP contribution in [-0.4, -0.2) is 16.3 Å². The molecule has 3 nitrogen and oxygen atoms in total. The van der Waals surface area contributed by atoms with Crippen LogP contribution in [-0.2, 0) is 13.5 Å². The van der Waals surface area contributed by atoms with Crippen LogP contribution in [0.15, 0.2) is 6.07 Å². The summed E-state index contributed by atoms with van der Waals surface area (Å²) >= 11 is 0. The predicted octanol–water partition coefficient (Wildman–Crippen LogP) is 0.230. The first-order valence-electron chi connectivity index (χ1n) is 3.43. The molecule has 0 aliphatic rings. The number of nitrogens with two attached hydrogens (primary N) is 1. The molecule has 0 radical (unpaired) electrons. The summed E-state index contributed by atoms with van der Waals surface area (Å²) in [5, 5.41) is 4.19. The van der Waals surface area contributed by atoms with E-state index in [-0.39, 0.29) is 0 Å². The summed E-state index contributed by atoms with van der Waals surface area (Å²) in [6.07, 6.45) is 0.914. The Kier molecular flexibility index (Phi) is 2.06. The lowest BCUT2D eigenvalue weighted by Gasteiger charge is -1.96. The van der Waals surface area contributed by atoms with E-state index in [1.165, 1.54) is 5.69 Å². The number of aromatic nitrogens is 2. The zero-order chi connectivity index (χ0) is 7.56. The second kappa shape index (κ2) is 2.84. The van der Waals surface area contributed by atoms with Crippen LogP contribution >= 0.6 is 0 Å². The third-order valence-electron chi connectivity index (χ3n) is 1.50. The van der Waals surface area contributed by atoms with Crippen molar-refractivity contribution in [1.82, 2.24) is 9.78 Å². The maximum atomic E-state index is 5.40. The predicted molar refractivity (Wildman–Crippen MR) is 40.7 cm³/mol. The number of aryl methyl sites for hydroxylation is 2. The van der Waals surface area contributed by atoms with Crippen LogP contribution in [0.5, 0.6) is 0 Å². The largest absolute Gasteiger partial charge is 0.330 e.